The minimum absolute atomic E-state index is 0.0459. The lowest BCUT2D eigenvalue weighted by molar-refractivity contribution is 0.156. The number of hydrogen-bond donors (Lipinski definition) is 1. The van der Waals surface area contributed by atoms with Gasteiger partial charge in [0.25, 0.3) is 0 Å². The predicted octanol–water partition coefficient (Wildman–Crippen LogP) is 3.35. The Hall–Kier alpha value is -0.820. The Balaban J connectivity index is 3.08. The summed E-state index contributed by atoms with van der Waals surface area (Å²) in [4.78, 5) is 0. The normalized spacial score (nSPS) is 14.0. The van der Waals surface area contributed by atoms with Crippen LogP contribution in [-0.2, 0) is 5.41 Å². The molecule has 1 unspecified atom stereocenters. The van der Waals surface area contributed by atoms with Crippen molar-refractivity contribution in [1.29, 1.82) is 0 Å². The number of benzene rings is 1. The van der Waals surface area contributed by atoms with Gasteiger partial charge in [0.2, 0.25) is 0 Å². The lowest BCUT2D eigenvalue weighted by Crippen LogP contribution is -2.24. The fourth-order valence-electron chi connectivity index (χ4n) is 2.31. The highest BCUT2D eigenvalue weighted by Gasteiger charge is 2.24. The van der Waals surface area contributed by atoms with Gasteiger partial charge in [-0.25, -0.2) is 0 Å². The van der Waals surface area contributed by atoms with Crippen LogP contribution in [0.5, 0.6) is 0 Å². The first-order valence-corrected chi connectivity index (χ1v) is 5.59. The molecule has 1 nitrogen and oxygen atoms in total. The fourth-order valence-corrected chi connectivity index (χ4v) is 2.31. The lowest BCUT2D eigenvalue weighted by atomic mass is 9.77. The first-order chi connectivity index (χ1) is 6.83. The maximum absolute atomic E-state index is 9.51. The van der Waals surface area contributed by atoms with Gasteiger partial charge in [-0.15, -0.1) is 0 Å². The van der Waals surface area contributed by atoms with Crippen molar-refractivity contribution >= 4 is 0 Å². The highest BCUT2D eigenvalue weighted by atomic mass is 16.3. The first kappa shape index (κ1) is 12.3. The van der Waals surface area contributed by atoms with Gasteiger partial charge >= 0.3 is 0 Å². The molecule has 0 amide bonds. The standard InChI is InChI=1S/C14H22O/c1-10-6-7-11(2)13(8-10)14(4,5)9-12(3)15/h6-8,12,15H,9H2,1-5H3. The molecule has 0 aromatic heterocycles. The second-order valence-electron chi connectivity index (χ2n) is 5.26. The van der Waals surface area contributed by atoms with Crippen LogP contribution in [0.15, 0.2) is 18.2 Å². The van der Waals surface area contributed by atoms with Gasteiger partial charge in [-0.3, -0.25) is 0 Å². The topological polar surface area (TPSA) is 20.2 Å². The maximum atomic E-state index is 9.51. The highest BCUT2D eigenvalue weighted by molar-refractivity contribution is 5.35. The molecule has 0 saturated carbocycles. The summed E-state index contributed by atoms with van der Waals surface area (Å²) >= 11 is 0. The number of aliphatic hydroxyl groups excluding tert-OH is 1. The van der Waals surface area contributed by atoms with Crippen LogP contribution in [0.3, 0.4) is 0 Å². The molecule has 15 heavy (non-hydrogen) atoms. The van der Waals surface area contributed by atoms with Crippen LogP contribution < -0.4 is 0 Å². The summed E-state index contributed by atoms with van der Waals surface area (Å²) in [7, 11) is 0. The molecule has 1 heteroatoms. The van der Waals surface area contributed by atoms with E-state index in [1.165, 1.54) is 16.7 Å². The van der Waals surface area contributed by atoms with Crippen molar-refractivity contribution in [3.05, 3.63) is 34.9 Å². The molecule has 1 rings (SSSR count). The van der Waals surface area contributed by atoms with E-state index in [-0.39, 0.29) is 11.5 Å². The average molecular weight is 206 g/mol. The van der Waals surface area contributed by atoms with Gasteiger partial charge < -0.3 is 5.11 Å². The first-order valence-electron chi connectivity index (χ1n) is 5.59. The van der Waals surface area contributed by atoms with E-state index in [0.717, 1.165) is 6.42 Å². The molecule has 1 aromatic rings. The second kappa shape index (κ2) is 4.36. The molecule has 0 aliphatic rings. The molecule has 1 atom stereocenters. The summed E-state index contributed by atoms with van der Waals surface area (Å²) in [5.41, 5.74) is 3.99. The van der Waals surface area contributed by atoms with Crippen LogP contribution in [0.25, 0.3) is 0 Å². The molecule has 0 aliphatic carbocycles. The Morgan fingerprint density at radius 1 is 1.27 bits per heavy atom. The van der Waals surface area contributed by atoms with Gasteiger partial charge in [0, 0.05) is 0 Å². The highest BCUT2D eigenvalue weighted by Crippen LogP contribution is 2.31. The van der Waals surface area contributed by atoms with E-state index in [4.69, 9.17) is 0 Å². The molecular formula is C14H22O. The summed E-state index contributed by atoms with van der Waals surface area (Å²) < 4.78 is 0. The number of aliphatic hydroxyl groups is 1. The van der Waals surface area contributed by atoms with E-state index < -0.39 is 0 Å². The van der Waals surface area contributed by atoms with Crippen LogP contribution in [0, 0.1) is 13.8 Å². The number of hydrogen-bond acceptors (Lipinski definition) is 1. The second-order valence-corrected chi connectivity index (χ2v) is 5.26. The SMILES string of the molecule is Cc1ccc(C)c(C(C)(C)CC(C)O)c1. The molecule has 0 fully saturated rings. The van der Waals surface area contributed by atoms with Crippen LogP contribution in [-0.4, -0.2) is 11.2 Å². The smallest absolute Gasteiger partial charge is 0.0520 e. The molecule has 0 heterocycles. The maximum Gasteiger partial charge on any atom is 0.0520 e. The molecule has 0 radical (unpaired) electrons. The zero-order valence-corrected chi connectivity index (χ0v) is 10.5. The Morgan fingerprint density at radius 3 is 2.40 bits per heavy atom. The third-order valence-electron chi connectivity index (χ3n) is 2.93. The van der Waals surface area contributed by atoms with E-state index in [0.29, 0.717) is 0 Å². The zero-order valence-electron chi connectivity index (χ0n) is 10.5. The third-order valence-corrected chi connectivity index (χ3v) is 2.93. The minimum atomic E-state index is -0.250. The largest absolute Gasteiger partial charge is 0.393 e. The van der Waals surface area contributed by atoms with Crippen molar-refractivity contribution in [3.8, 4) is 0 Å². The third kappa shape index (κ3) is 3.07. The van der Waals surface area contributed by atoms with Crippen LogP contribution >= 0.6 is 0 Å². The summed E-state index contributed by atoms with van der Waals surface area (Å²) in [5, 5.41) is 9.51. The molecular weight excluding hydrogens is 184 g/mol. The minimum Gasteiger partial charge on any atom is -0.393 e. The zero-order chi connectivity index (χ0) is 11.6. The van der Waals surface area contributed by atoms with Crippen molar-refractivity contribution in [1.82, 2.24) is 0 Å². The van der Waals surface area contributed by atoms with E-state index in [1.807, 2.05) is 6.92 Å². The monoisotopic (exact) mass is 206 g/mol. The molecule has 0 saturated heterocycles. The lowest BCUT2D eigenvalue weighted by Gasteiger charge is -2.28. The van der Waals surface area contributed by atoms with Gasteiger partial charge in [-0.05, 0) is 43.7 Å². The van der Waals surface area contributed by atoms with Crippen LogP contribution in [0.4, 0.5) is 0 Å². The van der Waals surface area contributed by atoms with E-state index in [9.17, 15) is 5.11 Å². The molecule has 1 N–H and O–H groups in total. The fraction of sp³-hybridized carbons (Fsp3) is 0.571. The van der Waals surface area contributed by atoms with Crippen LogP contribution in [0.2, 0.25) is 0 Å². The summed E-state index contributed by atoms with van der Waals surface area (Å²) in [5.74, 6) is 0. The number of aryl methyl sites for hydroxylation is 2. The van der Waals surface area contributed by atoms with Gasteiger partial charge in [-0.1, -0.05) is 37.6 Å². The molecule has 84 valence electrons. The number of rotatable bonds is 3. The van der Waals surface area contributed by atoms with E-state index >= 15 is 0 Å². The Bertz CT molecular complexity index is 337. The van der Waals surface area contributed by atoms with E-state index in [1.54, 1.807) is 0 Å². The van der Waals surface area contributed by atoms with Gasteiger partial charge in [0.15, 0.2) is 0 Å². The van der Waals surface area contributed by atoms with E-state index in [2.05, 4.69) is 45.9 Å². The van der Waals surface area contributed by atoms with Crippen molar-refractivity contribution in [2.45, 2.75) is 52.6 Å². The molecule has 0 bridgehead atoms. The van der Waals surface area contributed by atoms with Crippen molar-refractivity contribution in [3.63, 3.8) is 0 Å². The van der Waals surface area contributed by atoms with Crippen molar-refractivity contribution < 1.29 is 5.11 Å². The molecule has 1 aromatic carbocycles. The summed E-state index contributed by atoms with van der Waals surface area (Å²) in [6.07, 6.45) is 0.553. The Labute approximate surface area is 93.1 Å². The van der Waals surface area contributed by atoms with Gasteiger partial charge in [-0.2, -0.15) is 0 Å². The van der Waals surface area contributed by atoms with Crippen molar-refractivity contribution in [2.75, 3.05) is 0 Å². The van der Waals surface area contributed by atoms with Crippen molar-refractivity contribution in [2.24, 2.45) is 0 Å². The Morgan fingerprint density at radius 2 is 1.87 bits per heavy atom. The summed E-state index contributed by atoms with van der Waals surface area (Å²) in [6, 6.07) is 6.53. The van der Waals surface area contributed by atoms with Crippen LogP contribution in [0.1, 0.15) is 43.9 Å². The predicted molar refractivity (Wildman–Crippen MR) is 65.2 cm³/mol. The average Bonchev–Trinajstić information content (AvgIpc) is 2.06. The Kier molecular flexibility index (Phi) is 3.56. The quantitative estimate of drug-likeness (QED) is 0.804. The molecule has 0 spiro atoms. The van der Waals surface area contributed by atoms with Gasteiger partial charge in [0.1, 0.15) is 0 Å². The summed E-state index contributed by atoms with van der Waals surface area (Å²) in [6.45, 7) is 10.5. The van der Waals surface area contributed by atoms with Gasteiger partial charge in [0.05, 0.1) is 6.10 Å². The molecule has 0 aliphatic heterocycles.